The van der Waals surface area contributed by atoms with E-state index < -0.39 is 0 Å². The van der Waals surface area contributed by atoms with Gasteiger partial charge in [-0.3, -0.25) is 9.69 Å². The monoisotopic (exact) mass is 257 g/mol. The van der Waals surface area contributed by atoms with Crippen LogP contribution in [0.1, 0.15) is 26.2 Å². The summed E-state index contributed by atoms with van der Waals surface area (Å²) in [7, 11) is 1.71. The normalized spacial score (nSPS) is 20.9. The van der Waals surface area contributed by atoms with Gasteiger partial charge in [0.25, 0.3) is 0 Å². The number of carbonyl (C=O) groups excluding carboxylic acids is 1. The first-order valence-corrected chi connectivity index (χ1v) is 6.98. The molecule has 1 saturated heterocycles. The van der Waals surface area contributed by atoms with E-state index in [-0.39, 0.29) is 5.91 Å². The van der Waals surface area contributed by atoms with Crippen molar-refractivity contribution >= 4 is 5.91 Å². The zero-order valence-electron chi connectivity index (χ0n) is 11.7. The summed E-state index contributed by atoms with van der Waals surface area (Å²) in [6.45, 7) is 6.80. The minimum absolute atomic E-state index is 0.140. The van der Waals surface area contributed by atoms with Gasteiger partial charge in [-0.1, -0.05) is 6.42 Å². The van der Waals surface area contributed by atoms with E-state index in [2.05, 4.69) is 15.5 Å². The third kappa shape index (κ3) is 5.80. The zero-order valence-corrected chi connectivity index (χ0v) is 11.7. The largest absolute Gasteiger partial charge is 0.383 e. The maximum atomic E-state index is 11.6. The number of rotatable bonds is 8. The number of likely N-dealkylation sites (N-methyl/N-ethyl adjacent to an activating group) is 1. The van der Waals surface area contributed by atoms with Crippen LogP contribution in [0, 0.1) is 0 Å². The molecule has 0 aromatic heterocycles. The number of piperidine rings is 1. The van der Waals surface area contributed by atoms with E-state index in [0.717, 1.165) is 26.2 Å². The van der Waals surface area contributed by atoms with Crippen LogP contribution in [-0.2, 0) is 9.53 Å². The lowest BCUT2D eigenvalue weighted by Gasteiger charge is -2.35. The molecule has 0 spiro atoms. The molecule has 2 N–H and O–H groups in total. The van der Waals surface area contributed by atoms with Crippen molar-refractivity contribution in [3.8, 4) is 0 Å². The molecule has 0 bridgehead atoms. The van der Waals surface area contributed by atoms with Gasteiger partial charge in [0, 0.05) is 32.8 Å². The molecule has 0 aromatic rings. The third-order valence-electron chi connectivity index (χ3n) is 3.33. The molecule has 0 aliphatic carbocycles. The van der Waals surface area contributed by atoms with Gasteiger partial charge in [0.1, 0.15) is 0 Å². The Labute approximate surface area is 110 Å². The Bertz CT molecular complexity index is 236. The van der Waals surface area contributed by atoms with Crippen LogP contribution in [0.25, 0.3) is 0 Å². The highest BCUT2D eigenvalue weighted by molar-refractivity contribution is 5.77. The topological polar surface area (TPSA) is 53.6 Å². The van der Waals surface area contributed by atoms with Crippen LogP contribution in [0.4, 0.5) is 0 Å². The van der Waals surface area contributed by atoms with Crippen LogP contribution in [0.5, 0.6) is 0 Å². The van der Waals surface area contributed by atoms with E-state index in [0.29, 0.717) is 19.1 Å². The molecule has 5 heteroatoms. The summed E-state index contributed by atoms with van der Waals surface area (Å²) in [4.78, 5) is 13.9. The average Bonchev–Trinajstić information content (AvgIpc) is 2.37. The lowest BCUT2D eigenvalue weighted by Crippen LogP contribution is -2.49. The van der Waals surface area contributed by atoms with Crippen LogP contribution in [0.3, 0.4) is 0 Å². The Morgan fingerprint density at radius 2 is 2.28 bits per heavy atom. The highest BCUT2D eigenvalue weighted by Gasteiger charge is 2.23. The minimum Gasteiger partial charge on any atom is -0.383 e. The van der Waals surface area contributed by atoms with Crippen molar-refractivity contribution in [1.29, 1.82) is 0 Å². The predicted octanol–water partition coefficient (Wildman–Crippen LogP) is 0.213. The highest BCUT2D eigenvalue weighted by Crippen LogP contribution is 2.15. The maximum absolute atomic E-state index is 11.6. The summed E-state index contributed by atoms with van der Waals surface area (Å²) in [6, 6.07) is 0.484. The van der Waals surface area contributed by atoms with Crippen molar-refractivity contribution in [2.45, 2.75) is 32.2 Å². The van der Waals surface area contributed by atoms with E-state index in [4.69, 9.17) is 4.74 Å². The second-order valence-electron chi connectivity index (χ2n) is 4.77. The quantitative estimate of drug-likeness (QED) is 0.611. The predicted molar refractivity (Wildman–Crippen MR) is 72.6 cm³/mol. The van der Waals surface area contributed by atoms with Crippen molar-refractivity contribution in [2.75, 3.05) is 46.4 Å². The first kappa shape index (κ1) is 15.4. The van der Waals surface area contributed by atoms with E-state index in [1.807, 2.05) is 6.92 Å². The summed E-state index contributed by atoms with van der Waals surface area (Å²) in [5, 5.41) is 6.26. The third-order valence-corrected chi connectivity index (χ3v) is 3.33. The molecule has 18 heavy (non-hydrogen) atoms. The second-order valence-corrected chi connectivity index (χ2v) is 4.77. The number of amides is 1. The number of hydrogen-bond acceptors (Lipinski definition) is 4. The van der Waals surface area contributed by atoms with E-state index >= 15 is 0 Å². The van der Waals surface area contributed by atoms with Crippen molar-refractivity contribution in [3.63, 3.8) is 0 Å². The molecule has 106 valence electrons. The molecule has 1 atom stereocenters. The molecule has 1 unspecified atom stereocenters. The summed E-state index contributed by atoms with van der Waals surface area (Å²) in [6.07, 6.45) is 3.65. The average molecular weight is 257 g/mol. The summed E-state index contributed by atoms with van der Waals surface area (Å²) < 4.78 is 5.01. The van der Waals surface area contributed by atoms with E-state index in [9.17, 15) is 4.79 Å². The van der Waals surface area contributed by atoms with Gasteiger partial charge in [-0.25, -0.2) is 0 Å². The van der Waals surface area contributed by atoms with Gasteiger partial charge in [0.05, 0.1) is 13.2 Å². The Morgan fingerprint density at radius 1 is 1.44 bits per heavy atom. The van der Waals surface area contributed by atoms with Crippen LogP contribution in [0.15, 0.2) is 0 Å². The fourth-order valence-corrected chi connectivity index (χ4v) is 2.38. The molecule has 1 aliphatic rings. The number of nitrogens with one attached hydrogen (secondary N) is 2. The maximum Gasteiger partial charge on any atom is 0.234 e. The molecule has 0 saturated carbocycles. The first-order chi connectivity index (χ1) is 8.77. The molecule has 1 heterocycles. The fourth-order valence-electron chi connectivity index (χ4n) is 2.38. The molecule has 1 aliphatic heterocycles. The smallest absolute Gasteiger partial charge is 0.234 e. The number of likely N-dealkylation sites (tertiary alicyclic amines) is 1. The van der Waals surface area contributed by atoms with Gasteiger partial charge < -0.3 is 15.4 Å². The van der Waals surface area contributed by atoms with Gasteiger partial charge in [-0.2, -0.15) is 0 Å². The van der Waals surface area contributed by atoms with Gasteiger partial charge in [0.2, 0.25) is 5.91 Å². The van der Waals surface area contributed by atoms with Crippen LogP contribution in [0.2, 0.25) is 0 Å². The minimum atomic E-state index is 0.140. The van der Waals surface area contributed by atoms with Crippen LogP contribution in [-0.4, -0.2) is 63.3 Å². The molecule has 1 rings (SSSR count). The Kier molecular flexibility index (Phi) is 7.96. The Balaban J connectivity index is 2.29. The van der Waals surface area contributed by atoms with Crippen molar-refractivity contribution in [3.05, 3.63) is 0 Å². The van der Waals surface area contributed by atoms with Crippen LogP contribution >= 0.6 is 0 Å². The zero-order chi connectivity index (χ0) is 13.2. The standard InChI is InChI=1S/C13H27N3O2/c1-3-15-13(17)11-16-8-5-4-6-12(16)10-14-7-9-18-2/h12,14H,3-11H2,1-2H3,(H,15,17). The fraction of sp³-hybridized carbons (Fsp3) is 0.923. The lowest BCUT2D eigenvalue weighted by atomic mass is 10.0. The van der Waals surface area contributed by atoms with Crippen molar-refractivity contribution < 1.29 is 9.53 Å². The molecular weight excluding hydrogens is 230 g/mol. The van der Waals surface area contributed by atoms with Crippen molar-refractivity contribution in [2.24, 2.45) is 0 Å². The lowest BCUT2D eigenvalue weighted by molar-refractivity contribution is -0.123. The number of ether oxygens (including phenoxy) is 1. The van der Waals surface area contributed by atoms with Gasteiger partial charge in [-0.05, 0) is 26.3 Å². The van der Waals surface area contributed by atoms with Gasteiger partial charge in [-0.15, -0.1) is 0 Å². The summed E-state index contributed by atoms with van der Waals surface area (Å²) in [5.41, 5.74) is 0. The molecule has 1 fully saturated rings. The Morgan fingerprint density at radius 3 is 3.00 bits per heavy atom. The summed E-state index contributed by atoms with van der Waals surface area (Å²) >= 11 is 0. The second kappa shape index (κ2) is 9.30. The number of carbonyl (C=O) groups is 1. The van der Waals surface area contributed by atoms with Crippen LogP contribution < -0.4 is 10.6 Å². The number of methoxy groups -OCH3 is 1. The number of hydrogen-bond donors (Lipinski definition) is 2. The van der Waals surface area contributed by atoms with E-state index in [1.54, 1.807) is 7.11 Å². The van der Waals surface area contributed by atoms with Gasteiger partial charge >= 0.3 is 0 Å². The molecule has 0 aromatic carbocycles. The first-order valence-electron chi connectivity index (χ1n) is 6.98. The SMILES string of the molecule is CCNC(=O)CN1CCCCC1CNCCOC. The Hall–Kier alpha value is -0.650. The van der Waals surface area contributed by atoms with Crippen molar-refractivity contribution in [1.82, 2.24) is 15.5 Å². The van der Waals surface area contributed by atoms with Gasteiger partial charge in [0.15, 0.2) is 0 Å². The molecule has 5 nitrogen and oxygen atoms in total. The molecule has 1 amide bonds. The van der Waals surface area contributed by atoms with E-state index in [1.165, 1.54) is 19.3 Å². The summed E-state index contributed by atoms with van der Waals surface area (Å²) in [5.74, 6) is 0.140. The highest BCUT2D eigenvalue weighted by atomic mass is 16.5. The number of nitrogens with zero attached hydrogens (tertiary/aromatic N) is 1. The molecule has 0 radical (unpaired) electrons. The molecular formula is C13H27N3O2.